The average Bonchev–Trinajstić information content (AvgIpc) is 3.38. The molecule has 1 N–H and O–H groups in total. The molecular formula is C27H23ClN4O2. The molecule has 0 aromatic heterocycles. The van der Waals surface area contributed by atoms with Crippen LogP contribution in [0.25, 0.3) is 0 Å². The maximum Gasteiger partial charge on any atom is 0.256 e. The first-order valence-electron chi connectivity index (χ1n) is 11.5. The molecule has 34 heavy (non-hydrogen) atoms. The normalized spacial score (nSPS) is 20.2. The van der Waals surface area contributed by atoms with Gasteiger partial charge in [-0.2, -0.15) is 0 Å². The lowest BCUT2D eigenvalue weighted by Crippen LogP contribution is -2.52. The van der Waals surface area contributed by atoms with Crippen molar-refractivity contribution in [1.29, 1.82) is 0 Å². The number of carbonyl (C=O) groups excluding carboxylic acids is 2. The van der Waals surface area contributed by atoms with E-state index < -0.39 is 5.66 Å². The van der Waals surface area contributed by atoms with Crippen LogP contribution in [0.2, 0.25) is 5.02 Å². The molecule has 2 amide bonds. The van der Waals surface area contributed by atoms with Gasteiger partial charge < -0.3 is 15.1 Å². The quantitative estimate of drug-likeness (QED) is 0.606. The van der Waals surface area contributed by atoms with Gasteiger partial charge in [0.2, 0.25) is 5.91 Å². The van der Waals surface area contributed by atoms with Crippen LogP contribution in [0.1, 0.15) is 33.5 Å². The van der Waals surface area contributed by atoms with Gasteiger partial charge in [-0.25, -0.2) is 0 Å². The monoisotopic (exact) mass is 470 g/mol. The maximum absolute atomic E-state index is 13.7. The van der Waals surface area contributed by atoms with Gasteiger partial charge in [-0.1, -0.05) is 41.9 Å². The summed E-state index contributed by atoms with van der Waals surface area (Å²) in [5.74, 6) is -0.123. The lowest BCUT2D eigenvalue weighted by molar-refractivity contribution is -0.134. The van der Waals surface area contributed by atoms with E-state index >= 15 is 0 Å². The summed E-state index contributed by atoms with van der Waals surface area (Å²) >= 11 is 6.18. The lowest BCUT2D eigenvalue weighted by atomic mass is 9.90. The molecule has 1 saturated heterocycles. The van der Waals surface area contributed by atoms with Gasteiger partial charge >= 0.3 is 0 Å². The summed E-state index contributed by atoms with van der Waals surface area (Å²) < 4.78 is 0. The summed E-state index contributed by atoms with van der Waals surface area (Å²) in [5, 5.41) is 3.91. The van der Waals surface area contributed by atoms with Crippen LogP contribution in [0.3, 0.4) is 0 Å². The van der Waals surface area contributed by atoms with Crippen molar-refractivity contribution in [2.75, 3.05) is 25.0 Å². The number of aryl methyl sites for hydroxylation is 1. The summed E-state index contributed by atoms with van der Waals surface area (Å²) in [7, 11) is 0. The van der Waals surface area contributed by atoms with E-state index in [-0.39, 0.29) is 18.4 Å². The third kappa shape index (κ3) is 3.06. The second kappa shape index (κ2) is 7.99. The van der Waals surface area contributed by atoms with Crippen molar-refractivity contribution >= 4 is 41.0 Å². The van der Waals surface area contributed by atoms with Crippen molar-refractivity contribution in [2.24, 2.45) is 4.99 Å². The lowest BCUT2D eigenvalue weighted by Gasteiger charge is -2.40. The molecule has 170 valence electrons. The van der Waals surface area contributed by atoms with Gasteiger partial charge in [-0.05, 0) is 54.8 Å². The molecule has 3 aliphatic rings. The summed E-state index contributed by atoms with van der Waals surface area (Å²) in [6.45, 7) is 1.06. The number of aliphatic imine (C=N–C) groups is 1. The Hall–Kier alpha value is -3.64. The van der Waals surface area contributed by atoms with E-state index in [2.05, 4.69) is 16.4 Å². The molecular weight excluding hydrogens is 448 g/mol. The van der Waals surface area contributed by atoms with Crippen LogP contribution in [-0.2, 0) is 16.9 Å². The maximum atomic E-state index is 13.7. The van der Waals surface area contributed by atoms with E-state index in [9.17, 15) is 9.59 Å². The molecule has 3 aromatic rings. The van der Waals surface area contributed by atoms with E-state index in [1.54, 1.807) is 0 Å². The van der Waals surface area contributed by atoms with E-state index in [0.29, 0.717) is 23.7 Å². The van der Waals surface area contributed by atoms with Crippen LogP contribution < -0.4 is 5.32 Å². The zero-order valence-corrected chi connectivity index (χ0v) is 19.3. The number of hydrogen-bond donors (Lipinski definition) is 1. The number of fused-ring (bicyclic) bond motifs is 4. The smallest absolute Gasteiger partial charge is 0.256 e. The Morgan fingerprint density at radius 3 is 2.74 bits per heavy atom. The standard InChI is InChI=1S/C27H23ClN4O2/c28-20-9-7-19(8-10-20)27-23-6-2-1-5-22(23)26(34)32(27)15-14-31(27)25(33)17-30-21-11-12-24-18(16-21)4-3-13-29-24/h1-2,5-13,16,30H,3-4,14-15,17H2. The minimum Gasteiger partial charge on any atom is -0.376 e. The van der Waals surface area contributed by atoms with E-state index in [1.165, 1.54) is 5.56 Å². The van der Waals surface area contributed by atoms with Gasteiger partial charge in [0.05, 0.1) is 12.2 Å². The van der Waals surface area contributed by atoms with E-state index in [1.807, 2.05) is 76.7 Å². The van der Waals surface area contributed by atoms with Gasteiger partial charge in [0.15, 0.2) is 5.66 Å². The Bertz CT molecular complexity index is 1340. The van der Waals surface area contributed by atoms with Gasteiger partial charge in [-0.3, -0.25) is 14.6 Å². The van der Waals surface area contributed by atoms with Crippen molar-refractivity contribution < 1.29 is 9.59 Å². The summed E-state index contributed by atoms with van der Waals surface area (Å²) in [6.07, 6.45) is 3.81. The molecule has 1 unspecified atom stereocenters. The number of rotatable bonds is 4. The third-order valence-corrected chi connectivity index (χ3v) is 7.20. The zero-order valence-electron chi connectivity index (χ0n) is 18.5. The molecule has 0 aliphatic carbocycles. The predicted molar refractivity (Wildman–Crippen MR) is 133 cm³/mol. The molecule has 0 saturated carbocycles. The Morgan fingerprint density at radius 1 is 1.06 bits per heavy atom. The Kier molecular flexibility index (Phi) is 4.92. The molecule has 3 aromatic carbocycles. The molecule has 6 rings (SSSR count). The van der Waals surface area contributed by atoms with Crippen LogP contribution in [0.4, 0.5) is 11.4 Å². The number of nitrogens with zero attached hydrogens (tertiary/aromatic N) is 3. The highest BCUT2D eigenvalue weighted by atomic mass is 35.5. The van der Waals surface area contributed by atoms with Gasteiger partial charge in [0, 0.05) is 46.7 Å². The van der Waals surface area contributed by atoms with Gasteiger partial charge in [0.1, 0.15) is 0 Å². The molecule has 1 fully saturated rings. The number of hydrogen-bond acceptors (Lipinski definition) is 4. The van der Waals surface area contributed by atoms with Crippen LogP contribution in [0, 0.1) is 0 Å². The number of halogens is 1. The molecule has 7 heteroatoms. The molecule has 0 spiro atoms. The van der Waals surface area contributed by atoms with Gasteiger partial charge in [-0.15, -0.1) is 0 Å². The number of benzene rings is 3. The Labute approximate surface area is 202 Å². The molecule has 0 bridgehead atoms. The molecule has 0 radical (unpaired) electrons. The SMILES string of the molecule is O=C(CNc1ccc2c(c1)CCC=N2)N1CCN2C(=O)c3ccccc3C12c1ccc(Cl)cc1. The number of amides is 2. The summed E-state index contributed by atoms with van der Waals surface area (Å²) in [4.78, 5) is 35.1. The van der Waals surface area contributed by atoms with Crippen molar-refractivity contribution in [1.82, 2.24) is 9.80 Å². The number of carbonyl (C=O) groups is 2. The van der Waals surface area contributed by atoms with Crippen LogP contribution >= 0.6 is 11.6 Å². The van der Waals surface area contributed by atoms with Crippen LogP contribution in [0.15, 0.2) is 71.7 Å². The zero-order chi connectivity index (χ0) is 23.3. The van der Waals surface area contributed by atoms with E-state index in [4.69, 9.17) is 11.6 Å². The Morgan fingerprint density at radius 2 is 1.88 bits per heavy atom. The Balaban J connectivity index is 1.35. The molecule has 3 aliphatic heterocycles. The summed E-state index contributed by atoms with van der Waals surface area (Å²) in [5.41, 5.74) is 4.41. The second-order valence-electron chi connectivity index (χ2n) is 8.77. The van der Waals surface area contributed by atoms with Crippen LogP contribution in [-0.4, -0.2) is 47.5 Å². The summed E-state index contributed by atoms with van der Waals surface area (Å²) in [6, 6.07) is 21.0. The first-order valence-corrected chi connectivity index (χ1v) is 11.8. The predicted octanol–water partition coefficient (Wildman–Crippen LogP) is 4.60. The third-order valence-electron chi connectivity index (χ3n) is 6.95. The minimum atomic E-state index is -0.971. The first-order chi connectivity index (χ1) is 16.6. The fourth-order valence-corrected chi connectivity index (χ4v) is 5.59. The molecule has 6 nitrogen and oxygen atoms in total. The highest BCUT2D eigenvalue weighted by Crippen LogP contribution is 2.49. The van der Waals surface area contributed by atoms with E-state index in [0.717, 1.165) is 35.3 Å². The minimum absolute atomic E-state index is 0.0518. The van der Waals surface area contributed by atoms with Crippen molar-refractivity contribution in [3.63, 3.8) is 0 Å². The highest BCUT2D eigenvalue weighted by Gasteiger charge is 2.59. The second-order valence-corrected chi connectivity index (χ2v) is 9.21. The van der Waals surface area contributed by atoms with Gasteiger partial charge in [0.25, 0.3) is 5.91 Å². The number of anilines is 1. The topological polar surface area (TPSA) is 65.0 Å². The van der Waals surface area contributed by atoms with Crippen molar-refractivity contribution in [2.45, 2.75) is 18.5 Å². The first kappa shape index (κ1) is 20.9. The highest BCUT2D eigenvalue weighted by molar-refractivity contribution is 6.30. The molecule has 3 heterocycles. The fourth-order valence-electron chi connectivity index (χ4n) is 5.46. The largest absolute Gasteiger partial charge is 0.376 e. The van der Waals surface area contributed by atoms with Crippen LogP contribution in [0.5, 0.6) is 0 Å². The average molecular weight is 471 g/mol. The molecule has 1 atom stereocenters. The van der Waals surface area contributed by atoms with Crippen molar-refractivity contribution in [3.05, 3.63) is 94.0 Å². The fraction of sp³-hybridized carbons (Fsp3) is 0.222. The number of nitrogens with one attached hydrogen (secondary N) is 1. The van der Waals surface area contributed by atoms with Crippen molar-refractivity contribution in [3.8, 4) is 0 Å².